The molecule has 26 heavy (non-hydrogen) atoms. The second-order valence-electron chi connectivity index (χ2n) is 5.43. The van der Waals surface area contributed by atoms with Gasteiger partial charge in [0.1, 0.15) is 17.3 Å². The predicted molar refractivity (Wildman–Crippen MR) is 97.8 cm³/mol. The average molecular weight is 406 g/mol. The minimum Gasteiger partial charge on any atom is -0.293 e. The van der Waals surface area contributed by atoms with Crippen molar-refractivity contribution >= 4 is 29.1 Å². The van der Waals surface area contributed by atoms with Crippen LogP contribution in [0.15, 0.2) is 66.1 Å². The third-order valence-electron chi connectivity index (χ3n) is 3.56. The van der Waals surface area contributed by atoms with Crippen molar-refractivity contribution < 1.29 is 17.6 Å². The Bertz CT molecular complexity index is 804. The van der Waals surface area contributed by atoms with Crippen LogP contribution in [0.3, 0.4) is 0 Å². The van der Waals surface area contributed by atoms with Crippen LogP contribution in [0.5, 0.6) is 0 Å². The topological polar surface area (TPSA) is 32.5 Å². The molecule has 0 aromatic heterocycles. The first-order valence-corrected chi connectivity index (χ1v) is 8.53. The highest BCUT2D eigenvalue weighted by molar-refractivity contribution is 8.00. The van der Waals surface area contributed by atoms with Crippen LogP contribution in [0.4, 0.5) is 23.2 Å². The van der Waals surface area contributed by atoms with Gasteiger partial charge in [-0.15, -0.1) is 18.3 Å². The van der Waals surface area contributed by atoms with Gasteiger partial charge in [-0.3, -0.25) is 9.91 Å². The van der Waals surface area contributed by atoms with Gasteiger partial charge in [-0.05, 0) is 25.1 Å². The van der Waals surface area contributed by atoms with Crippen molar-refractivity contribution in [2.24, 2.45) is 5.84 Å². The lowest BCUT2D eigenvalue weighted by molar-refractivity contribution is -0.109. The number of thioether (sulfide) groups is 1. The Hall–Kier alpha value is -1.90. The fraction of sp³-hybridized carbons (Fsp3) is 0.176. The van der Waals surface area contributed by atoms with E-state index in [9.17, 15) is 17.6 Å². The Morgan fingerprint density at radius 2 is 1.92 bits per heavy atom. The maximum atomic E-state index is 14.5. The molecule has 140 valence electrons. The summed E-state index contributed by atoms with van der Waals surface area (Å²) >= 11 is 7.39. The summed E-state index contributed by atoms with van der Waals surface area (Å²) in [6.07, 6.45) is -2.30. The van der Waals surface area contributed by atoms with Gasteiger partial charge in [-0.2, -0.15) is 13.2 Å². The van der Waals surface area contributed by atoms with Gasteiger partial charge in [-0.25, -0.2) is 10.2 Å². The van der Waals surface area contributed by atoms with Crippen LogP contribution in [0, 0.1) is 5.82 Å². The third kappa shape index (κ3) is 3.92. The number of hydrogen-bond donors (Lipinski definition) is 1. The van der Waals surface area contributed by atoms with Gasteiger partial charge in [-0.1, -0.05) is 30.8 Å². The predicted octanol–water partition coefficient (Wildman–Crippen LogP) is 5.57. The van der Waals surface area contributed by atoms with E-state index >= 15 is 0 Å². The van der Waals surface area contributed by atoms with Gasteiger partial charge >= 0.3 is 6.18 Å². The van der Waals surface area contributed by atoms with Crippen molar-refractivity contribution in [1.29, 1.82) is 0 Å². The molecule has 0 radical (unpaired) electrons. The standard InChI is InChI=1S/C17H16ClF4N3S/c1-5-10(3)26-15-8-14(13(19)7-12(15)18)24-9(2)6-16(17(20,21)22)25(23)11(24)4/h5-8,10H,1-2,4,23H2,3H3. The number of hydrogen-bond acceptors (Lipinski definition) is 4. The molecule has 1 unspecified atom stereocenters. The Balaban J connectivity index is 2.53. The molecule has 0 fully saturated rings. The van der Waals surface area contributed by atoms with E-state index in [0.29, 0.717) is 9.90 Å². The van der Waals surface area contributed by atoms with E-state index in [0.717, 1.165) is 17.0 Å². The van der Waals surface area contributed by atoms with Crippen LogP contribution >= 0.6 is 23.4 Å². The van der Waals surface area contributed by atoms with E-state index in [1.54, 1.807) is 6.08 Å². The molecule has 2 rings (SSSR count). The first kappa shape index (κ1) is 20.4. The molecule has 1 heterocycles. The minimum absolute atomic E-state index is 0.0127. The lowest BCUT2D eigenvalue weighted by atomic mass is 10.2. The highest BCUT2D eigenvalue weighted by Gasteiger charge is 2.42. The molecule has 0 bridgehead atoms. The molecular weight excluding hydrogens is 390 g/mol. The molecular formula is C17H16ClF4N3S. The fourth-order valence-corrected chi connectivity index (χ4v) is 3.38. The number of nitrogens with zero attached hydrogens (tertiary/aromatic N) is 2. The maximum absolute atomic E-state index is 14.5. The summed E-state index contributed by atoms with van der Waals surface area (Å²) in [6.45, 7) is 12.7. The summed E-state index contributed by atoms with van der Waals surface area (Å²) in [5.41, 5.74) is -1.33. The molecule has 1 aliphatic heterocycles. The zero-order valence-electron chi connectivity index (χ0n) is 13.8. The summed E-state index contributed by atoms with van der Waals surface area (Å²) in [7, 11) is 0. The Kier molecular flexibility index (Phi) is 5.79. The van der Waals surface area contributed by atoms with Crippen molar-refractivity contribution in [3.8, 4) is 0 Å². The highest BCUT2D eigenvalue weighted by Crippen LogP contribution is 2.41. The van der Waals surface area contributed by atoms with Gasteiger partial charge in [0.15, 0.2) is 0 Å². The van der Waals surface area contributed by atoms with Crippen molar-refractivity contribution in [2.75, 3.05) is 4.90 Å². The van der Waals surface area contributed by atoms with Crippen LogP contribution in [0.25, 0.3) is 0 Å². The van der Waals surface area contributed by atoms with E-state index in [2.05, 4.69) is 19.7 Å². The molecule has 1 aromatic carbocycles. The molecule has 0 saturated carbocycles. The number of allylic oxidation sites excluding steroid dienone is 2. The molecule has 1 aliphatic rings. The number of rotatable bonds is 4. The van der Waals surface area contributed by atoms with E-state index < -0.39 is 17.7 Å². The number of halogens is 5. The van der Waals surface area contributed by atoms with E-state index in [4.69, 9.17) is 17.4 Å². The van der Waals surface area contributed by atoms with Crippen molar-refractivity contribution in [1.82, 2.24) is 5.01 Å². The normalized spacial score (nSPS) is 16.7. The molecule has 2 N–H and O–H groups in total. The van der Waals surface area contributed by atoms with Gasteiger partial charge in [0.2, 0.25) is 0 Å². The number of alkyl halides is 3. The van der Waals surface area contributed by atoms with Crippen molar-refractivity contribution in [2.45, 2.75) is 23.2 Å². The second-order valence-corrected chi connectivity index (χ2v) is 7.26. The Morgan fingerprint density at radius 1 is 1.31 bits per heavy atom. The summed E-state index contributed by atoms with van der Waals surface area (Å²) in [4.78, 5) is 1.63. The van der Waals surface area contributed by atoms with Gasteiger partial charge in [0.25, 0.3) is 0 Å². The monoisotopic (exact) mass is 405 g/mol. The first-order valence-electron chi connectivity index (χ1n) is 7.27. The number of benzene rings is 1. The second kappa shape index (κ2) is 7.38. The zero-order valence-corrected chi connectivity index (χ0v) is 15.4. The average Bonchev–Trinajstić information content (AvgIpc) is 2.53. The maximum Gasteiger partial charge on any atom is 0.433 e. The molecule has 1 aromatic rings. The Morgan fingerprint density at radius 3 is 2.46 bits per heavy atom. The van der Waals surface area contributed by atoms with E-state index in [1.807, 2.05) is 6.92 Å². The quantitative estimate of drug-likeness (QED) is 0.307. The molecule has 9 heteroatoms. The fourth-order valence-electron chi connectivity index (χ4n) is 2.25. The SMILES string of the molecule is C=CC(C)Sc1cc(N2C(=C)C=C(C(F)(F)F)N(N)C2=C)c(F)cc1Cl. The van der Waals surface area contributed by atoms with E-state index in [-0.39, 0.29) is 27.5 Å². The smallest absolute Gasteiger partial charge is 0.293 e. The van der Waals surface area contributed by atoms with Crippen LogP contribution in [-0.4, -0.2) is 16.4 Å². The molecule has 0 spiro atoms. The van der Waals surface area contributed by atoms with Crippen molar-refractivity contribution in [3.05, 3.63) is 72.1 Å². The van der Waals surface area contributed by atoms with E-state index in [1.165, 1.54) is 17.8 Å². The van der Waals surface area contributed by atoms with Gasteiger partial charge < -0.3 is 0 Å². The third-order valence-corrected chi connectivity index (χ3v) is 5.14. The van der Waals surface area contributed by atoms with Gasteiger partial charge in [0, 0.05) is 15.8 Å². The van der Waals surface area contributed by atoms with Crippen LogP contribution < -0.4 is 10.7 Å². The van der Waals surface area contributed by atoms with Crippen molar-refractivity contribution in [3.63, 3.8) is 0 Å². The minimum atomic E-state index is -4.70. The first-order chi connectivity index (χ1) is 12.0. The molecule has 1 atom stereocenters. The molecule has 3 nitrogen and oxygen atoms in total. The number of nitrogens with two attached hydrogens (primary N) is 1. The molecule has 0 amide bonds. The summed E-state index contributed by atoms with van der Waals surface area (Å²) < 4.78 is 53.7. The number of hydrazine groups is 1. The Labute approximate surface area is 158 Å². The zero-order chi connectivity index (χ0) is 19.8. The molecule has 0 aliphatic carbocycles. The summed E-state index contributed by atoms with van der Waals surface area (Å²) in [5, 5.41) is 0.512. The lowest BCUT2D eigenvalue weighted by Crippen LogP contribution is -2.45. The summed E-state index contributed by atoms with van der Waals surface area (Å²) in [5.74, 6) is 4.48. The largest absolute Gasteiger partial charge is 0.433 e. The van der Waals surface area contributed by atoms with Crippen LogP contribution in [0.1, 0.15) is 6.92 Å². The van der Waals surface area contributed by atoms with Gasteiger partial charge in [0.05, 0.1) is 10.7 Å². The van der Waals surface area contributed by atoms with Crippen LogP contribution in [-0.2, 0) is 0 Å². The number of anilines is 1. The lowest BCUT2D eigenvalue weighted by Gasteiger charge is -2.38. The molecule has 0 saturated heterocycles. The summed E-state index contributed by atoms with van der Waals surface area (Å²) in [6, 6.07) is 2.50. The highest BCUT2D eigenvalue weighted by atomic mass is 35.5. The van der Waals surface area contributed by atoms with Crippen LogP contribution in [0.2, 0.25) is 5.02 Å².